The highest BCUT2D eigenvalue weighted by atomic mass is 127. The fraction of sp³-hybridized carbons (Fsp3) is 0.682. The number of nitrogens with one attached hydrogen (secondary N) is 2. The molecule has 0 spiro atoms. The predicted octanol–water partition coefficient (Wildman–Crippen LogP) is 2.15. The van der Waals surface area contributed by atoms with Crippen LogP contribution in [-0.4, -0.2) is 83.2 Å². The largest absolute Gasteiger partial charge is 0.497 e. The molecule has 2 unspecified atom stereocenters. The second-order valence-electron chi connectivity index (χ2n) is 7.58. The van der Waals surface area contributed by atoms with Crippen LogP contribution in [0.1, 0.15) is 18.9 Å². The molecule has 2 aliphatic rings. The average Bonchev–Trinajstić information content (AvgIpc) is 3.30. The summed E-state index contributed by atoms with van der Waals surface area (Å²) in [6, 6.07) is 8.65. The van der Waals surface area contributed by atoms with Crippen molar-refractivity contribution in [1.82, 2.24) is 15.5 Å². The molecule has 0 amide bonds. The van der Waals surface area contributed by atoms with Crippen LogP contribution >= 0.6 is 24.0 Å². The maximum atomic E-state index is 5.67. The Morgan fingerprint density at radius 2 is 1.93 bits per heavy atom. The zero-order valence-electron chi connectivity index (χ0n) is 18.3. The number of guanidine groups is 1. The minimum atomic E-state index is 0. The van der Waals surface area contributed by atoms with Gasteiger partial charge in [0.2, 0.25) is 0 Å². The van der Waals surface area contributed by atoms with Crippen LogP contribution < -0.4 is 15.4 Å². The van der Waals surface area contributed by atoms with Crippen molar-refractivity contribution in [1.29, 1.82) is 0 Å². The van der Waals surface area contributed by atoms with Crippen molar-refractivity contribution in [3.63, 3.8) is 0 Å². The molecular weight excluding hydrogens is 495 g/mol. The summed E-state index contributed by atoms with van der Waals surface area (Å²) in [6.45, 7) is 9.89. The van der Waals surface area contributed by atoms with E-state index in [2.05, 4.69) is 34.6 Å². The molecule has 3 rings (SSSR count). The predicted molar refractivity (Wildman–Crippen MR) is 131 cm³/mol. The molecular formula is C22H37IN4O3. The third kappa shape index (κ3) is 7.86. The van der Waals surface area contributed by atoms with E-state index < -0.39 is 0 Å². The zero-order chi connectivity index (χ0) is 20.3. The van der Waals surface area contributed by atoms with Crippen molar-refractivity contribution in [2.75, 3.05) is 66.3 Å². The number of hydrogen-bond acceptors (Lipinski definition) is 5. The summed E-state index contributed by atoms with van der Waals surface area (Å²) in [5.74, 6) is 2.33. The number of halogens is 1. The van der Waals surface area contributed by atoms with Gasteiger partial charge in [-0.25, -0.2) is 0 Å². The van der Waals surface area contributed by atoms with Gasteiger partial charge in [-0.15, -0.1) is 24.0 Å². The van der Waals surface area contributed by atoms with Gasteiger partial charge in [-0.1, -0.05) is 12.1 Å². The Bertz CT molecular complexity index is 617. The minimum Gasteiger partial charge on any atom is -0.497 e. The summed E-state index contributed by atoms with van der Waals surface area (Å²) in [5, 5.41) is 6.86. The lowest BCUT2D eigenvalue weighted by Crippen LogP contribution is -2.49. The van der Waals surface area contributed by atoms with Crippen LogP contribution in [0.2, 0.25) is 0 Å². The van der Waals surface area contributed by atoms with Crippen LogP contribution in [0, 0.1) is 5.92 Å². The van der Waals surface area contributed by atoms with Gasteiger partial charge in [0.05, 0.1) is 33.5 Å². The lowest BCUT2D eigenvalue weighted by Gasteiger charge is -2.36. The second kappa shape index (κ2) is 14.1. The molecule has 2 fully saturated rings. The van der Waals surface area contributed by atoms with Crippen LogP contribution in [0.5, 0.6) is 5.75 Å². The van der Waals surface area contributed by atoms with E-state index >= 15 is 0 Å². The molecule has 0 aliphatic carbocycles. The lowest BCUT2D eigenvalue weighted by atomic mass is 9.97. The molecule has 2 atom stereocenters. The Morgan fingerprint density at radius 1 is 1.17 bits per heavy atom. The van der Waals surface area contributed by atoms with Crippen LogP contribution in [-0.2, 0) is 15.9 Å². The maximum absolute atomic E-state index is 5.67. The van der Waals surface area contributed by atoms with Gasteiger partial charge in [0.25, 0.3) is 0 Å². The van der Waals surface area contributed by atoms with Crippen LogP contribution in [0.3, 0.4) is 0 Å². The lowest BCUT2D eigenvalue weighted by molar-refractivity contribution is 0.00368. The van der Waals surface area contributed by atoms with Gasteiger partial charge < -0.3 is 24.8 Å². The van der Waals surface area contributed by atoms with E-state index in [0.717, 1.165) is 83.7 Å². The molecule has 8 heteroatoms. The van der Waals surface area contributed by atoms with E-state index in [1.807, 2.05) is 12.1 Å². The fourth-order valence-corrected chi connectivity index (χ4v) is 3.97. The molecule has 2 heterocycles. The highest BCUT2D eigenvalue weighted by Gasteiger charge is 2.31. The summed E-state index contributed by atoms with van der Waals surface area (Å²) < 4.78 is 16.4. The Balaban J connectivity index is 0.00000320. The molecule has 30 heavy (non-hydrogen) atoms. The first kappa shape index (κ1) is 25.2. The van der Waals surface area contributed by atoms with E-state index in [1.165, 1.54) is 5.56 Å². The number of hydrogen-bond donors (Lipinski definition) is 2. The first-order valence-electron chi connectivity index (χ1n) is 10.8. The molecule has 0 bridgehead atoms. The number of morpholine rings is 1. The van der Waals surface area contributed by atoms with Gasteiger partial charge in [0.1, 0.15) is 5.75 Å². The summed E-state index contributed by atoms with van der Waals surface area (Å²) in [4.78, 5) is 7.46. The normalized spacial score (nSPS) is 21.0. The van der Waals surface area contributed by atoms with Gasteiger partial charge in [-0.05, 0) is 37.5 Å². The Hall–Kier alpha value is -1.10. The standard InChI is InChI=1S/C22H36N4O3.HI/c1-3-23-22(24-10-8-18-4-6-20(27-2)7-5-18)25-16-21(19-9-13-29-17-19)26-11-14-28-15-12-26;/h4-7,19,21H,3,8-17H2,1-2H3,(H2,23,24,25);1H. The average molecular weight is 532 g/mol. The molecule has 170 valence electrons. The smallest absolute Gasteiger partial charge is 0.191 e. The van der Waals surface area contributed by atoms with Gasteiger partial charge in [-0.3, -0.25) is 9.89 Å². The number of benzene rings is 1. The van der Waals surface area contributed by atoms with Crippen molar-refractivity contribution in [3.05, 3.63) is 29.8 Å². The van der Waals surface area contributed by atoms with Gasteiger partial charge in [0, 0.05) is 44.7 Å². The summed E-state index contributed by atoms with van der Waals surface area (Å²) in [5.41, 5.74) is 1.28. The number of methoxy groups -OCH3 is 1. The van der Waals surface area contributed by atoms with Crippen molar-refractivity contribution in [3.8, 4) is 5.75 Å². The van der Waals surface area contributed by atoms with E-state index in [-0.39, 0.29) is 24.0 Å². The molecule has 1 aromatic carbocycles. The molecule has 2 N–H and O–H groups in total. The number of aliphatic imine (C=N–C) groups is 1. The molecule has 7 nitrogen and oxygen atoms in total. The van der Waals surface area contributed by atoms with Gasteiger partial charge in [-0.2, -0.15) is 0 Å². The third-order valence-corrected chi connectivity index (χ3v) is 5.67. The third-order valence-electron chi connectivity index (χ3n) is 5.67. The zero-order valence-corrected chi connectivity index (χ0v) is 20.6. The SMILES string of the molecule is CCNC(=NCC(C1CCOC1)N1CCOCC1)NCCc1ccc(OC)cc1.I. The highest BCUT2D eigenvalue weighted by molar-refractivity contribution is 14.0. The molecule has 2 saturated heterocycles. The van der Waals surface area contributed by atoms with Gasteiger partial charge in [0.15, 0.2) is 5.96 Å². The Kier molecular flexibility index (Phi) is 11.8. The van der Waals surface area contributed by atoms with Gasteiger partial charge >= 0.3 is 0 Å². The quantitative estimate of drug-likeness (QED) is 0.289. The summed E-state index contributed by atoms with van der Waals surface area (Å²) in [7, 11) is 1.69. The number of nitrogens with zero attached hydrogens (tertiary/aromatic N) is 2. The van der Waals surface area contributed by atoms with Crippen molar-refractivity contribution >= 4 is 29.9 Å². The fourth-order valence-electron chi connectivity index (χ4n) is 3.97. The monoisotopic (exact) mass is 532 g/mol. The first-order chi connectivity index (χ1) is 14.3. The Morgan fingerprint density at radius 3 is 2.57 bits per heavy atom. The molecule has 0 saturated carbocycles. The van der Waals surface area contributed by atoms with Crippen LogP contribution in [0.4, 0.5) is 0 Å². The first-order valence-corrected chi connectivity index (χ1v) is 10.8. The van der Waals surface area contributed by atoms with Crippen molar-refractivity contribution in [2.45, 2.75) is 25.8 Å². The number of rotatable bonds is 9. The molecule has 0 radical (unpaired) electrons. The topological polar surface area (TPSA) is 67.4 Å². The molecule has 1 aromatic rings. The molecule has 2 aliphatic heterocycles. The summed E-state index contributed by atoms with van der Waals surface area (Å²) >= 11 is 0. The maximum Gasteiger partial charge on any atom is 0.191 e. The summed E-state index contributed by atoms with van der Waals surface area (Å²) in [6.07, 6.45) is 2.07. The number of ether oxygens (including phenoxy) is 3. The van der Waals surface area contributed by atoms with E-state index in [4.69, 9.17) is 19.2 Å². The van der Waals surface area contributed by atoms with Crippen LogP contribution in [0.25, 0.3) is 0 Å². The van der Waals surface area contributed by atoms with E-state index in [9.17, 15) is 0 Å². The van der Waals surface area contributed by atoms with Crippen LogP contribution in [0.15, 0.2) is 29.3 Å². The second-order valence-corrected chi connectivity index (χ2v) is 7.58. The highest BCUT2D eigenvalue weighted by Crippen LogP contribution is 2.22. The minimum absolute atomic E-state index is 0. The van der Waals surface area contributed by atoms with Crippen molar-refractivity contribution < 1.29 is 14.2 Å². The van der Waals surface area contributed by atoms with Crippen molar-refractivity contribution in [2.24, 2.45) is 10.9 Å². The van der Waals surface area contributed by atoms with E-state index in [1.54, 1.807) is 7.11 Å². The Labute approximate surface area is 197 Å². The molecule has 0 aromatic heterocycles. The van der Waals surface area contributed by atoms with E-state index in [0.29, 0.717) is 12.0 Å².